The Hall–Kier alpha value is -0.830. The number of allylic oxidation sites excluding steroid dienone is 4. The predicted octanol–water partition coefficient (Wildman–Crippen LogP) is 6.79. The second kappa shape index (κ2) is 15.4. The van der Waals surface area contributed by atoms with Crippen LogP contribution in [0, 0.1) is 0 Å². The van der Waals surface area contributed by atoms with Crippen molar-refractivity contribution in [3.63, 3.8) is 0 Å². The molecular weight excluding hydrogens is 328 g/mol. The van der Waals surface area contributed by atoms with Crippen molar-refractivity contribution in [1.82, 2.24) is 0 Å². The lowest BCUT2D eigenvalue weighted by atomic mass is 10.0. The highest BCUT2D eigenvalue weighted by Crippen LogP contribution is 2.22. The van der Waals surface area contributed by atoms with Crippen LogP contribution in [0.5, 0.6) is 0 Å². The van der Waals surface area contributed by atoms with Crippen molar-refractivity contribution >= 4 is 23.3 Å². The predicted molar refractivity (Wildman–Crippen MR) is 110 cm³/mol. The summed E-state index contributed by atoms with van der Waals surface area (Å²) >= 11 is 1.53. The first-order valence-electron chi connectivity index (χ1n) is 10.3. The van der Waals surface area contributed by atoms with Gasteiger partial charge in [0.15, 0.2) is 11.6 Å². The second-order valence-electron chi connectivity index (χ2n) is 7.05. The van der Waals surface area contributed by atoms with Crippen molar-refractivity contribution in [2.24, 2.45) is 0 Å². The molecule has 1 aliphatic rings. The smallest absolute Gasteiger partial charge is 0.192 e. The minimum atomic E-state index is -0.0666. The standard InChI is InChI=1S/C22H36O2S/c1-2-3-4-5-6-7-8-9-10-11-12-13-14-15-18-25-22-19-20(23)16-17-21(22)24/h16-17,19H,2-15,18H2,1H3. The molecule has 0 radical (unpaired) electrons. The number of thioether (sulfide) groups is 1. The van der Waals surface area contributed by atoms with Gasteiger partial charge in [0.05, 0.1) is 4.91 Å². The zero-order valence-electron chi connectivity index (χ0n) is 16.1. The highest BCUT2D eigenvalue weighted by molar-refractivity contribution is 8.04. The molecule has 1 aliphatic carbocycles. The quantitative estimate of drug-likeness (QED) is 0.223. The summed E-state index contributed by atoms with van der Waals surface area (Å²) in [5.74, 6) is 0.856. The zero-order valence-corrected chi connectivity index (χ0v) is 16.9. The number of hydrogen-bond donors (Lipinski definition) is 0. The second-order valence-corrected chi connectivity index (χ2v) is 8.19. The number of unbranched alkanes of at least 4 members (excludes halogenated alkanes) is 13. The summed E-state index contributed by atoms with van der Waals surface area (Å²) < 4.78 is 0. The molecule has 0 heterocycles. The molecule has 1 rings (SSSR count). The van der Waals surface area contributed by atoms with Gasteiger partial charge in [-0.25, -0.2) is 0 Å². The summed E-state index contributed by atoms with van der Waals surface area (Å²) in [5.41, 5.74) is 0. The van der Waals surface area contributed by atoms with Crippen molar-refractivity contribution in [3.8, 4) is 0 Å². The Morgan fingerprint density at radius 1 is 0.680 bits per heavy atom. The number of hydrogen-bond acceptors (Lipinski definition) is 3. The molecule has 0 atom stereocenters. The van der Waals surface area contributed by atoms with Gasteiger partial charge in [-0.15, -0.1) is 11.8 Å². The van der Waals surface area contributed by atoms with Crippen LogP contribution in [-0.2, 0) is 9.59 Å². The van der Waals surface area contributed by atoms with E-state index in [1.54, 1.807) is 0 Å². The summed E-state index contributed by atoms with van der Waals surface area (Å²) in [4.78, 5) is 23.5. The third kappa shape index (κ3) is 12.2. The summed E-state index contributed by atoms with van der Waals surface area (Å²) in [6, 6.07) is 0. The van der Waals surface area contributed by atoms with Crippen LogP contribution in [0.25, 0.3) is 0 Å². The van der Waals surface area contributed by atoms with Gasteiger partial charge in [0.1, 0.15) is 0 Å². The molecular formula is C22H36O2S. The fourth-order valence-corrected chi connectivity index (χ4v) is 4.06. The van der Waals surface area contributed by atoms with Crippen molar-refractivity contribution in [2.75, 3.05) is 5.75 Å². The fourth-order valence-electron chi connectivity index (χ4n) is 3.08. The largest absolute Gasteiger partial charge is 0.290 e. The lowest BCUT2D eigenvalue weighted by Crippen LogP contribution is -2.05. The molecule has 0 amide bonds. The lowest BCUT2D eigenvalue weighted by molar-refractivity contribution is -0.114. The molecule has 3 heteroatoms. The highest BCUT2D eigenvalue weighted by atomic mass is 32.2. The molecule has 0 aliphatic heterocycles. The third-order valence-corrected chi connectivity index (χ3v) is 5.79. The first-order chi connectivity index (χ1) is 12.2. The van der Waals surface area contributed by atoms with Gasteiger partial charge in [-0.3, -0.25) is 9.59 Å². The van der Waals surface area contributed by atoms with E-state index in [4.69, 9.17) is 0 Å². The average molecular weight is 365 g/mol. The molecule has 0 aromatic rings. The van der Waals surface area contributed by atoms with Crippen LogP contribution in [0.1, 0.15) is 96.8 Å². The zero-order chi connectivity index (χ0) is 18.2. The molecule has 0 N–H and O–H groups in total. The minimum absolute atomic E-state index is 0.0186. The monoisotopic (exact) mass is 364 g/mol. The third-order valence-electron chi connectivity index (χ3n) is 4.67. The Bertz CT molecular complexity index is 437. The van der Waals surface area contributed by atoms with Gasteiger partial charge in [0.25, 0.3) is 0 Å². The van der Waals surface area contributed by atoms with Gasteiger partial charge >= 0.3 is 0 Å². The van der Waals surface area contributed by atoms with Crippen molar-refractivity contribution < 1.29 is 9.59 Å². The van der Waals surface area contributed by atoms with Gasteiger partial charge in [0, 0.05) is 6.08 Å². The molecule has 25 heavy (non-hydrogen) atoms. The molecule has 0 bridgehead atoms. The molecule has 0 saturated heterocycles. The Kier molecular flexibility index (Phi) is 13.7. The van der Waals surface area contributed by atoms with Gasteiger partial charge in [-0.2, -0.15) is 0 Å². The van der Waals surface area contributed by atoms with Gasteiger partial charge in [-0.1, -0.05) is 90.4 Å². The molecule has 0 aromatic heterocycles. The molecule has 0 spiro atoms. The van der Waals surface area contributed by atoms with E-state index in [1.807, 2.05) is 0 Å². The van der Waals surface area contributed by atoms with E-state index >= 15 is 0 Å². The first kappa shape index (κ1) is 22.2. The average Bonchev–Trinajstić information content (AvgIpc) is 2.61. The Balaban J connectivity index is 1.80. The van der Waals surface area contributed by atoms with Gasteiger partial charge in [0.2, 0.25) is 0 Å². The lowest BCUT2D eigenvalue weighted by Gasteiger charge is -2.06. The maximum absolute atomic E-state index is 11.6. The summed E-state index contributed by atoms with van der Waals surface area (Å²) in [6.07, 6.45) is 23.2. The van der Waals surface area contributed by atoms with Gasteiger partial charge in [-0.05, 0) is 24.3 Å². The van der Waals surface area contributed by atoms with Crippen molar-refractivity contribution in [3.05, 3.63) is 23.1 Å². The Morgan fingerprint density at radius 2 is 1.16 bits per heavy atom. The van der Waals surface area contributed by atoms with E-state index in [2.05, 4.69) is 6.92 Å². The number of carbonyl (C=O) groups excluding carboxylic acids is 2. The van der Waals surface area contributed by atoms with E-state index in [0.29, 0.717) is 4.91 Å². The van der Waals surface area contributed by atoms with E-state index in [-0.39, 0.29) is 11.6 Å². The molecule has 0 fully saturated rings. The maximum Gasteiger partial charge on any atom is 0.192 e. The van der Waals surface area contributed by atoms with Crippen LogP contribution in [0.2, 0.25) is 0 Å². The highest BCUT2D eigenvalue weighted by Gasteiger charge is 2.12. The van der Waals surface area contributed by atoms with E-state index in [9.17, 15) is 9.59 Å². The van der Waals surface area contributed by atoms with Crippen molar-refractivity contribution in [1.29, 1.82) is 0 Å². The molecule has 2 nitrogen and oxygen atoms in total. The van der Waals surface area contributed by atoms with Crippen LogP contribution in [-0.4, -0.2) is 17.3 Å². The Labute approximate surface area is 158 Å². The SMILES string of the molecule is CCCCCCCCCCCCCCCCSC1=CC(=O)C=CC1=O. The Morgan fingerprint density at radius 3 is 1.68 bits per heavy atom. The maximum atomic E-state index is 11.6. The topological polar surface area (TPSA) is 34.1 Å². The number of ketones is 2. The van der Waals surface area contributed by atoms with Crippen LogP contribution in [0.3, 0.4) is 0 Å². The minimum Gasteiger partial charge on any atom is -0.290 e. The van der Waals surface area contributed by atoms with E-state index in [0.717, 1.165) is 12.2 Å². The number of carbonyl (C=O) groups is 2. The first-order valence-corrected chi connectivity index (χ1v) is 11.3. The number of rotatable bonds is 16. The van der Waals surface area contributed by atoms with E-state index in [1.165, 1.54) is 113 Å². The van der Waals surface area contributed by atoms with Crippen molar-refractivity contribution in [2.45, 2.75) is 96.8 Å². The van der Waals surface area contributed by atoms with Gasteiger partial charge < -0.3 is 0 Å². The van der Waals surface area contributed by atoms with E-state index < -0.39 is 0 Å². The molecule has 0 unspecified atom stereocenters. The summed E-state index contributed by atoms with van der Waals surface area (Å²) in [7, 11) is 0. The molecule has 0 aromatic carbocycles. The molecule has 0 saturated carbocycles. The van der Waals surface area contributed by atoms with Crippen LogP contribution in [0.15, 0.2) is 23.1 Å². The fraction of sp³-hybridized carbons (Fsp3) is 0.727. The summed E-state index contributed by atoms with van der Waals surface area (Å²) in [5, 5.41) is 0. The molecule has 142 valence electrons. The summed E-state index contributed by atoms with van der Waals surface area (Å²) in [6.45, 7) is 2.27. The van der Waals surface area contributed by atoms with Crippen LogP contribution >= 0.6 is 11.8 Å². The normalized spacial score (nSPS) is 14.2. The van der Waals surface area contributed by atoms with Crippen LogP contribution < -0.4 is 0 Å². The van der Waals surface area contributed by atoms with Crippen LogP contribution in [0.4, 0.5) is 0 Å².